The zero-order valence-electron chi connectivity index (χ0n) is 22.4. The van der Waals surface area contributed by atoms with E-state index in [-0.39, 0.29) is 16.7 Å². The zero-order chi connectivity index (χ0) is 26.8. The van der Waals surface area contributed by atoms with Crippen LogP contribution in [-0.2, 0) is 15.6 Å². The van der Waals surface area contributed by atoms with Gasteiger partial charge in [0.25, 0.3) is 0 Å². The molecule has 6 heteroatoms. The van der Waals surface area contributed by atoms with E-state index in [9.17, 15) is 0 Å². The van der Waals surface area contributed by atoms with Gasteiger partial charge in [0.2, 0.25) is 17.7 Å². The van der Waals surface area contributed by atoms with Crippen molar-refractivity contribution in [3.63, 3.8) is 0 Å². The van der Waals surface area contributed by atoms with Crippen LogP contribution in [0.4, 0.5) is 0 Å². The third kappa shape index (κ3) is 5.97. The van der Waals surface area contributed by atoms with E-state index in [0.29, 0.717) is 23.1 Å². The van der Waals surface area contributed by atoms with Gasteiger partial charge in [0.1, 0.15) is 5.76 Å². The molecule has 3 aromatic carbocycles. The highest BCUT2D eigenvalue weighted by atomic mass is 16.5. The molecule has 0 atom stereocenters. The molecule has 0 aliphatic rings. The lowest BCUT2D eigenvalue weighted by molar-refractivity contribution is 0.507. The highest BCUT2D eigenvalue weighted by Gasteiger charge is 2.17. The van der Waals surface area contributed by atoms with Crippen molar-refractivity contribution < 1.29 is 9.15 Å². The summed E-state index contributed by atoms with van der Waals surface area (Å²) in [7, 11) is 0. The fourth-order valence-corrected chi connectivity index (χ4v) is 3.85. The molecule has 0 aliphatic carbocycles. The van der Waals surface area contributed by atoms with Crippen molar-refractivity contribution in [2.45, 2.75) is 52.4 Å². The molecule has 0 saturated heterocycles. The van der Waals surface area contributed by atoms with Crippen LogP contribution in [0.15, 0.2) is 88.9 Å². The van der Waals surface area contributed by atoms with Crippen molar-refractivity contribution in [3.05, 3.63) is 102 Å². The summed E-state index contributed by atoms with van der Waals surface area (Å²) in [6.07, 6.45) is 0. The molecule has 37 heavy (non-hydrogen) atoms. The van der Waals surface area contributed by atoms with Gasteiger partial charge in [-0.3, -0.25) is 0 Å². The first-order chi connectivity index (χ1) is 17.5. The number of ether oxygens (including phenoxy) is 1. The van der Waals surface area contributed by atoms with Gasteiger partial charge in [-0.1, -0.05) is 90.6 Å². The lowest BCUT2D eigenvalue weighted by Gasteiger charge is -2.19. The molecule has 2 N–H and O–H groups in total. The Morgan fingerprint density at radius 2 is 1.30 bits per heavy atom. The lowest BCUT2D eigenvalue weighted by atomic mass is 9.86. The van der Waals surface area contributed by atoms with Gasteiger partial charge in [0, 0.05) is 22.3 Å². The molecule has 0 amide bonds. The van der Waals surface area contributed by atoms with Crippen molar-refractivity contribution >= 4 is 11.7 Å². The quantitative estimate of drug-likeness (QED) is 0.103. The number of hydrogen-bond acceptors (Lipinski definition) is 6. The summed E-state index contributed by atoms with van der Waals surface area (Å²) in [5.41, 5.74) is 5.72. The van der Waals surface area contributed by atoms with Gasteiger partial charge in [-0.2, -0.15) is 0 Å². The normalized spacial score (nSPS) is 12.4. The second-order valence-electron chi connectivity index (χ2n) is 11.1. The fourth-order valence-electron chi connectivity index (χ4n) is 3.85. The molecule has 0 aliphatic heterocycles. The molecule has 4 rings (SSSR count). The van der Waals surface area contributed by atoms with Crippen LogP contribution in [0.25, 0.3) is 28.7 Å². The van der Waals surface area contributed by atoms with Gasteiger partial charge in [0.15, 0.2) is 0 Å². The summed E-state index contributed by atoms with van der Waals surface area (Å²) in [5, 5.41) is 12.4. The van der Waals surface area contributed by atoms with Crippen LogP contribution < -0.4 is 5.84 Å². The van der Waals surface area contributed by atoms with Crippen molar-refractivity contribution in [3.8, 4) is 22.9 Å². The van der Waals surface area contributed by atoms with Gasteiger partial charge in [0.05, 0.1) is 0 Å². The summed E-state index contributed by atoms with van der Waals surface area (Å²) in [6.45, 7) is 17.1. The second-order valence-corrected chi connectivity index (χ2v) is 11.1. The second kappa shape index (κ2) is 10.1. The number of benzene rings is 3. The average molecular weight is 495 g/mol. The molecule has 0 saturated carbocycles. The predicted octanol–water partition coefficient (Wildman–Crippen LogP) is 7.31. The first kappa shape index (κ1) is 25.9. The Morgan fingerprint density at radius 3 is 1.84 bits per heavy atom. The molecule has 0 fully saturated rings. The molecule has 6 nitrogen and oxygen atoms in total. The first-order valence-corrected chi connectivity index (χ1v) is 12.3. The van der Waals surface area contributed by atoms with Crippen molar-refractivity contribution in [2.75, 3.05) is 0 Å². The number of hydrazone groups is 1. The summed E-state index contributed by atoms with van der Waals surface area (Å²) >= 11 is 0. The van der Waals surface area contributed by atoms with Gasteiger partial charge < -0.3 is 15.0 Å². The van der Waals surface area contributed by atoms with Gasteiger partial charge in [-0.15, -0.1) is 15.3 Å². The Morgan fingerprint density at radius 1 is 0.757 bits per heavy atom. The maximum absolute atomic E-state index is 5.99. The molecule has 0 unspecified atom stereocenters. The molecule has 190 valence electrons. The minimum Gasteiger partial charge on any atom is -0.437 e. The van der Waals surface area contributed by atoms with Gasteiger partial charge >= 0.3 is 0 Å². The Balaban J connectivity index is 1.52. The topological polar surface area (TPSA) is 86.5 Å². The number of aromatic nitrogens is 2. The van der Waals surface area contributed by atoms with Crippen LogP contribution in [-0.4, -0.2) is 16.1 Å². The number of nitrogens with zero attached hydrogens (tertiary/aromatic N) is 3. The molecule has 0 bridgehead atoms. The SMILES string of the molecule is C=C(O/C(=N\N)c1cccc(-c2nnc(-c3ccc(C(C)(C)C)cc3)o2)c1)c1ccc(C(C)(C)C)cc1. The molecule has 1 heterocycles. The smallest absolute Gasteiger partial charge is 0.248 e. The monoisotopic (exact) mass is 494 g/mol. The van der Waals surface area contributed by atoms with Crippen LogP contribution in [0.1, 0.15) is 63.8 Å². The van der Waals surface area contributed by atoms with Crippen LogP contribution in [0.3, 0.4) is 0 Å². The van der Waals surface area contributed by atoms with E-state index < -0.39 is 0 Å². The summed E-state index contributed by atoms with van der Waals surface area (Å²) in [6, 6.07) is 23.8. The molecular formula is C31H34N4O2. The molecule has 4 aromatic rings. The maximum Gasteiger partial charge on any atom is 0.248 e. The van der Waals surface area contributed by atoms with Gasteiger partial charge in [-0.05, 0) is 52.3 Å². The van der Waals surface area contributed by atoms with Crippen molar-refractivity contribution in [2.24, 2.45) is 10.9 Å². The Labute approximate surface area is 218 Å². The van der Waals surface area contributed by atoms with Crippen LogP contribution in [0.2, 0.25) is 0 Å². The van der Waals surface area contributed by atoms with Crippen molar-refractivity contribution in [1.82, 2.24) is 10.2 Å². The van der Waals surface area contributed by atoms with Crippen LogP contribution in [0, 0.1) is 0 Å². The number of hydrogen-bond donors (Lipinski definition) is 1. The van der Waals surface area contributed by atoms with Crippen LogP contribution in [0.5, 0.6) is 0 Å². The van der Waals surface area contributed by atoms with E-state index in [1.165, 1.54) is 11.1 Å². The minimum atomic E-state index is 0.0650. The number of rotatable bonds is 5. The third-order valence-electron chi connectivity index (χ3n) is 6.19. The molecule has 1 aromatic heterocycles. The first-order valence-electron chi connectivity index (χ1n) is 12.3. The fraction of sp³-hybridized carbons (Fsp3) is 0.258. The number of nitrogens with two attached hydrogens (primary N) is 1. The molecule has 0 radical (unpaired) electrons. The van der Waals surface area contributed by atoms with Gasteiger partial charge in [-0.25, -0.2) is 0 Å². The van der Waals surface area contributed by atoms with Crippen molar-refractivity contribution in [1.29, 1.82) is 0 Å². The largest absolute Gasteiger partial charge is 0.437 e. The lowest BCUT2D eigenvalue weighted by Crippen LogP contribution is -2.11. The van der Waals surface area contributed by atoms with Crippen LogP contribution >= 0.6 is 0 Å². The Hall–Kier alpha value is -4.19. The van der Waals surface area contributed by atoms with E-state index in [4.69, 9.17) is 15.0 Å². The molecular weight excluding hydrogens is 460 g/mol. The summed E-state index contributed by atoms with van der Waals surface area (Å²) < 4.78 is 12.0. The minimum absolute atomic E-state index is 0.0650. The van der Waals surface area contributed by atoms with E-state index in [1.807, 2.05) is 48.5 Å². The predicted molar refractivity (Wildman–Crippen MR) is 150 cm³/mol. The standard InChI is InChI=1S/C31H34N4O2/c1-20(21-11-15-25(16-12-21)30(2,3)4)36-27(33-32)23-9-8-10-24(19-23)29-35-34-28(37-29)22-13-17-26(18-14-22)31(5,6)7/h8-19H,1,32H2,2-7H3/b33-27-. The maximum atomic E-state index is 5.99. The highest BCUT2D eigenvalue weighted by Crippen LogP contribution is 2.29. The Kier molecular flexibility index (Phi) is 7.03. The summed E-state index contributed by atoms with van der Waals surface area (Å²) in [5.74, 6) is 7.24. The third-order valence-corrected chi connectivity index (χ3v) is 6.19. The Bertz CT molecular complexity index is 1420. The van der Waals surface area contributed by atoms with E-state index in [0.717, 1.165) is 16.7 Å². The summed E-state index contributed by atoms with van der Waals surface area (Å²) in [4.78, 5) is 0. The average Bonchev–Trinajstić information content (AvgIpc) is 3.37. The van der Waals surface area contributed by atoms with E-state index in [1.54, 1.807) is 0 Å². The van der Waals surface area contributed by atoms with E-state index in [2.05, 4.69) is 87.7 Å². The highest BCUT2D eigenvalue weighted by molar-refractivity contribution is 5.97. The zero-order valence-corrected chi connectivity index (χ0v) is 22.4. The van der Waals surface area contributed by atoms with E-state index >= 15 is 0 Å². The molecule has 0 spiro atoms.